The Labute approximate surface area is 89.7 Å². The van der Waals surface area contributed by atoms with Gasteiger partial charge >= 0.3 is 0 Å². The van der Waals surface area contributed by atoms with E-state index in [1.807, 2.05) is 0 Å². The second-order valence-electron chi connectivity index (χ2n) is 4.18. The molecule has 0 radical (unpaired) electrons. The van der Waals surface area contributed by atoms with Gasteiger partial charge in [-0.1, -0.05) is 0 Å². The maximum atomic E-state index is 11.6. The van der Waals surface area contributed by atoms with Gasteiger partial charge in [0, 0.05) is 12.1 Å². The minimum atomic E-state index is -3.57. The van der Waals surface area contributed by atoms with Crippen molar-refractivity contribution < 1.29 is 12.8 Å². The third-order valence-electron chi connectivity index (χ3n) is 1.70. The SMILES string of the molecule is Cc1ccc(S(=O)(=O)NCC(C)(C)N)o1. The van der Waals surface area contributed by atoms with Gasteiger partial charge in [0.2, 0.25) is 5.09 Å². The van der Waals surface area contributed by atoms with E-state index in [9.17, 15) is 8.42 Å². The highest BCUT2D eigenvalue weighted by Crippen LogP contribution is 2.12. The van der Waals surface area contributed by atoms with Gasteiger partial charge in [0.1, 0.15) is 5.76 Å². The van der Waals surface area contributed by atoms with Crippen molar-refractivity contribution in [1.82, 2.24) is 4.72 Å². The van der Waals surface area contributed by atoms with Gasteiger partial charge in [0.15, 0.2) is 0 Å². The van der Waals surface area contributed by atoms with Crippen molar-refractivity contribution in [3.8, 4) is 0 Å². The predicted molar refractivity (Wildman–Crippen MR) is 56.9 cm³/mol. The summed E-state index contributed by atoms with van der Waals surface area (Å²) in [6.45, 7) is 5.33. The zero-order valence-corrected chi connectivity index (χ0v) is 9.89. The molecule has 0 unspecified atom stereocenters. The monoisotopic (exact) mass is 232 g/mol. The molecule has 1 aromatic heterocycles. The first-order chi connectivity index (χ1) is 6.71. The maximum Gasteiger partial charge on any atom is 0.274 e. The molecule has 0 saturated heterocycles. The number of aryl methyl sites for hydroxylation is 1. The molecule has 0 aliphatic heterocycles. The maximum absolute atomic E-state index is 11.6. The molecule has 3 N–H and O–H groups in total. The molecule has 0 bridgehead atoms. The fourth-order valence-corrected chi connectivity index (χ4v) is 2.10. The van der Waals surface area contributed by atoms with E-state index in [0.717, 1.165) is 0 Å². The summed E-state index contributed by atoms with van der Waals surface area (Å²) in [5.41, 5.74) is 5.08. The van der Waals surface area contributed by atoms with Gasteiger partial charge in [-0.2, -0.15) is 0 Å². The van der Waals surface area contributed by atoms with Crippen LogP contribution in [0.3, 0.4) is 0 Å². The van der Waals surface area contributed by atoms with Crippen LogP contribution in [0.15, 0.2) is 21.6 Å². The second kappa shape index (κ2) is 3.96. The smallest absolute Gasteiger partial charge is 0.274 e. The minimum absolute atomic E-state index is 0.0794. The zero-order chi connectivity index (χ0) is 11.7. The lowest BCUT2D eigenvalue weighted by molar-refractivity contribution is 0.420. The van der Waals surface area contributed by atoms with E-state index in [2.05, 4.69) is 4.72 Å². The highest BCUT2D eigenvalue weighted by atomic mass is 32.2. The van der Waals surface area contributed by atoms with Gasteiger partial charge < -0.3 is 10.2 Å². The summed E-state index contributed by atoms with van der Waals surface area (Å²) in [5.74, 6) is 0.558. The Bertz CT molecular complexity index is 428. The number of furan rings is 1. The molecule has 0 aliphatic carbocycles. The lowest BCUT2D eigenvalue weighted by Crippen LogP contribution is -2.44. The van der Waals surface area contributed by atoms with E-state index in [-0.39, 0.29) is 11.6 Å². The van der Waals surface area contributed by atoms with Crippen LogP contribution in [0.4, 0.5) is 0 Å². The van der Waals surface area contributed by atoms with Crippen molar-refractivity contribution in [3.05, 3.63) is 17.9 Å². The topological polar surface area (TPSA) is 85.3 Å². The van der Waals surface area contributed by atoms with Crippen LogP contribution in [0.5, 0.6) is 0 Å². The van der Waals surface area contributed by atoms with Gasteiger partial charge in [-0.15, -0.1) is 0 Å². The molecular weight excluding hydrogens is 216 g/mol. The third-order valence-corrected chi connectivity index (χ3v) is 2.97. The molecule has 0 spiro atoms. The summed E-state index contributed by atoms with van der Waals surface area (Å²) < 4.78 is 30.7. The third kappa shape index (κ3) is 3.65. The lowest BCUT2D eigenvalue weighted by Gasteiger charge is -2.18. The number of hydrogen-bond donors (Lipinski definition) is 2. The largest absolute Gasteiger partial charge is 0.449 e. The average Bonchev–Trinajstić information content (AvgIpc) is 2.48. The second-order valence-corrected chi connectivity index (χ2v) is 5.88. The van der Waals surface area contributed by atoms with Crippen LogP contribution in [0.2, 0.25) is 0 Å². The van der Waals surface area contributed by atoms with Crippen molar-refractivity contribution in [1.29, 1.82) is 0 Å². The molecule has 1 rings (SSSR count). The van der Waals surface area contributed by atoms with Gasteiger partial charge in [-0.3, -0.25) is 0 Å². The van der Waals surface area contributed by atoms with E-state index in [1.165, 1.54) is 6.07 Å². The first-order valence-electron chi connectivity index (χ1n) is 4.56. The van der Waals surface area contributed by atoms with E-state index in [0.29, 0.717) is 5.76 Å². The Morgan fingerprint density at radius 2 is 2.07 bits per heavy atom. The van der Waals surface area contributed by atoms with E-state index in [4.69, 9.17) is 10.2 Å². The number of nitrogens with two attached hydrogens (primary N) is 1. The fourth-order valence-electron chi connectivity index (χ4n) is 0.909. The van der Waals surface area contributed by atoms with Gasteiger partial charge in [0.25, 0.3) is 10.0 Å². The molecule has 0 aromatic carbocycles. The van der Waals surface area contributed by atoms with Crippen LogP contribution in [0.1, 0.15) is 19.6 Å². The highest BCUT2D eigenvalue weighted by molar-refractivity contribution is 7.89. The van der Waals surface area contributed by atoms with Crippen LogP contribution in [-0.4, -0.2) is 20.5 Å². The Morgan fingerprint density at radius 3 is 2.47 bits per heavy atom. The average molecular weight is 232 g/mol. The van der Waals surface area contributed by atoms with Crippen LogP contribution >= 0.6 is 0 Å². The molecule has 1 heterocycles. The van der Waals surface area contributed by atoms with Crippen molar-refractivity contribution >= 4 is 10.0 Å². The Morgan fingerprint density at radius 1 is 1.47 bits per heavy atom. The molecule has 86 valence electrons. The van der Waals surface area contributed by atoms with E-state index in [1.54, 1.807) is 26.8 Å². The molecular formula is C9H16N2O3S. The first-order valence-corrected chi connectivity index (χ1v) is 6.04. The van der Waals surface area contributed by atoms with E-state index < -0.39 is 15.6 Å². The van der Waals surface area contributed by atoms with Crippen molar-refractivity contribution in [2.24, 2.45) is 5.73 Å². The molecule has 0 atom stereocenters. The standard InChI is InChI=1S/C9H16N2O3S/c1-7-4-5-8(14-7)15(12,13)11-6-9(2,3)10/h4-5,11H,6,10H2,1-3H3. The summed E-state index contributed by atoms with van der Waals surface area (Å²) in [5, 5.41) is -0.0794. The van der Waals surface area contributed by atoms with Gasteiger partial charge in [-0.05, 0) is 32.9 Å². The Hall–Kier alpha value is -0.850. The summed E-state index contributed by atoms with van der Waals surface area (Å²) in [6.07, 6.45) is 0. The van der Waals surface area contributed by atoms with Crippen molar-refractivity contribution in [3.63, 3.8) is 0 Å². The van der Waals surface area contributed by atoms with Crippen LogP contribution < -0.4 is 10.5 Å². The molecule has 5 nitrogen and oxygen atoms in total. The normalized spacial score (nSPS) is 13.1. The molecule has 6 heteroatoms. The summed E-state index contributed by atoms with van der Waals surface area (Å²) in [4.78, 5) is 0. The quantitative estimate of drug-likeness (QED) is 0.796. The number of rotatable bonds is 4. The van der Waals surface area contributed by atoms with Crippen LogP contribution in [0.25, 0.3) is 0 Å². The molecule has 0 fully saturated rings. The number of hydrogen-bond acceptors (Lipinski definition) is 4. The zero-order valence-electron chi connectivity index (χ0n) is 9.07. The van der Waals surface area contributed by atoms with Gasteiger partial charge in [0.05, 0.1) is 0 Å². The van der Waals surface area contributed by atoms with Crippen LogP contribution in [-0.2, 0) is 10.0 Å². The molecule has 0 saturated carbocycles. The number of sulfonamides is 1. The van der Waals surface area contributed by atoms with Gasteiger partial charge in [-0.25, -0.2) is 13.1 Å². The summed E-state index contributed by atoms with van der Waals surface area (Å²) >= 11 is 0. The Balaban J connectivity index is 2.77. The minimum Gasteiger partial charge on any atom is -0.449 e. The van der Waals surface area contributed by atoms with Crippen molar-refractivity contribution in [2.75, 3.05) is 6.54 Å². The first kappa shape index (κ1) is 12.2. The lowest BCUT2D eigenvalue weighted by atomic mass is 10.1. The fraction of sp³-hybridized carbons (Fsp3) is 0.556. The highest BCUT2D eigenvalue weighted by Gasteiger charge is 2.21. The van der Waals surface area contributed by atoms with E-state index >= 15 is 0 Å². The Kier molecular flexibility index (Phi) is 3.22. The molecule has 15 heavy (non-hydrogen) atoms. The van der Waals surface area contributed by atoms with Crippen molar-refractivity contribution in [2.45, 2.75) is 31.4 Å². The molecule has 0 aliphatic rings. The predicted octanol–water partition coefficient (Wildman–Crippen LogP) is 0.604. The molecule has 0 amide bonds. The number of nitrogens with one attached hydrogen (secondary N) is 1. The molecule has 1 aromatic rings. The van der Waals surface area contributed by atoms with Crippen LogP contribution in [0, 0.1) is 6.92 Å². The summed E-state index contributed by atoms with van der Waals surface area (Å²) in [6, 6.07) is 3.02. The summed E-state index contributed by atoms with van der Waals surface area (Å²) in [7, 11) is -3.57.